The minimum atomic E-state index is -4.96. The number of nitrogens with zero attached hydrogens (tertiary/aromatic N) is 7. The third-order valence-electron chi connectivity index (χ3n) is 5.10. The smallest absolute Gasteiger partial charge is 0.382 e. The monoisotopic (exact) mass is 522 g/mol. The van der Waals surface area contributed by atoms with Crippen molar-refractivity contribution in [3.05, 3.63) is 75.3 Å². The molecule has 0 spiro atoms. The normalized spacial score (nSPS) is 12.6. The van der Waals surface area contributed by atoms with Gasteiger partial charge >= 0.3 is 11.9 Å². The van der Waals surface area contributed by atoms with Gasteiger partial charge in [0.05, 0.1) is 6.54 Å². The summed E-state index contributed by atoms with van der Waals surface area (Å²) in [7, 11) is 0. The first-order chi connectivity index (χ1) is 17.0. The number of halogens is 4. The summed E-state index contributed by atoms with van der Waals surface area (Å²) in [5.41, 5.74) is 5.40. The number of benzene rings is 1. The molecule has 3 aromatic heterocycles. The zero-order valence-electron chi connectivity index (χ0n) is 18.5. The molecule has 0 aliphatic heterocycles. The predicted octanol–water partition coefficient (Wildman–Crippen LogP) is 1.72. The Hall–Kier alpha value is -4.04. The van der Waals surface area contributed by atoms with Gasteiger partial charge in [0.2, 0.25) is 5.82 Å². The van der Waals surface area contributed by atoms with E-state index in [1.54, 1.807) is 19.1 Å². The second-order valence-electron chi connectivity index (χ2n) is 7.71. The first-order valence-corrected chi connectivity index (χ1v) is 10.7. The number of aliphatic hydroxyl groups is 1. The van der Waals surface area contributed by atoms with Gasteiger partial charge in [-0.2, -0.15) is 17.9 Å². The van der Waals surface area contributed by atoms with E-state index in [1.807, 2.05) is 0 Å². The van der Waals surface area contributed by atoms with Crippen molar-refractivity contribution in [1.29, 1.82) is 0 Å². The van der Waals surface area contributed by atoms with Crippen molar-refractivity contribution in [3.8, 4) is 17.2 Å². The van der Waals surface area contributed by atoms with E-state index in [0.29, 0.717) is 15.2 Å². The van der Waals surface area contributed by atoms with E-state index in [9.17, 15) is 27.9 Å². The van der Waals surface area contributed by atoms with Gasteiger partial charge in [-0.25, -0.2) is 19.4 Å². The molecule has 0 aliphatic carbocycles. The number of aryl methyl sites for hydroxylation is 1. The van der Waals surface area contributed by atoms with E-state index in [1.165, 1.54) is 30.5 Å². The molecule has 0 fully saturated rings. The number of amides is 1. The molecule has 0 saturated carbocycles. The highest BCUT2D eigenvalue weighted by molar-refractivity contribution is 6.30. The zero-order valence-corrected chi connectivity index (χ0v) is 19.3. The van der Waals surface area contributed by atoms with Gasteiger partial charge in [-0.3, -0.25) is 9.36 Å². The molecule has 0 radical (unpaired) electrons. The Balaban J connectivity index is 1.78. The lowest BCUT2D eigenvalue weighted by Gasteiger charge is -2.15. The lowest BCUT2D eigenvalue weighted by molar-refractivity contribution is -0.207. The maximum Gasteiger partial charge on any atom is 0.416 e. The summed E-state index contributed by atoms with van der Waals surface area (Å²) >= 11 is 5.89. The number of nitrogens with two attached hydrogens (primary N) is 1. The number of rotatable bonds is 7. The second-order valence-corrected chi connectivity index (χ2v) is 8.15. The van der Waals surface area contributed by atoms with E-state index in [0.717, 1.165) is 9.36 Å². The fourth-order valence-corrected chi connectivity index (χ4v) is 3.49. The second kappa shape index (κ2) is 9.54. The van der Waals surface area contributed by atoms with Gasteiger partial charge in [0.25, 0.3) is 5.91 Å². The molecule has 4 aromatic rings. The maximum absolute atomic E-state index is 13.0. The summed E-state index contributed by atoms with van der Waals surface area (Å²) < 4.78 is 41.8. The number of aromatic nitrogens is 7. The molecule has 3 N–H and O–H groups in total. The predicted molar refractivity (Wildman–Crippen MR) is 121 cm³/mol. The van der Waals surface area contributed by atoms with E-state index >= 15 is 0 Å². The molecule has 4 rings (SSSR count). The first-order valence-electron chi connectivity index (χ1n) is 10.3. The molecule has 11 nitrogen and oxygen atoms in total. The van der Waals surface area contributed by atoms with Crippen LogP contribution in [0, 0.1) is 6.92 Å². The van der Waals surface area contributed by atoms with E-state index in [2.05, 4.69) is 20.2 Å². The lowest BCUT2D eigenvalue weighted by atomic mass is 10.2. The largest absolute Gasteiger partial charge is 0.416 e. The Morgan fingerprint density at radius 2 is 1.89 bits per heavy atom. The fourth-order valence-electron chi connectivity index (χ4n) is 3.36. The highest BCUT2D eigenvalue weighted by Gasteiger charge is 2.39. The summed E-state index contributed by atoms with van der Waals surface area (Å²) in [5, 5.41) is 18.3. The quantitative estimate of drug-likeness (QED) is 0.375. The topological polar surface area (TPSA) is 147 Å². The third kappa shape index (κ3) is 4.99. The number of pyridine rings is 1. The van der Waals surface area contributed by atoms with Crippen molar-refractivity contribution >= 4 is 17.5 Å². The highest BCUT2D eigenvalue weighted by Crippen LogP contribution is 2.24. The van der Waals surface area contributed by atoms with Gasteiger partial charge in [0.15, 0.2) is 23.6 Å². The van der Waals surface area contributed by atoms with Crippen LogP contribution in [-0.4, -0.2) is 57.4 Å². The minimum absolute atomic E-state index is 0.0698. The lowest BCUT2D eigenvalue weighted by Crippen LogP contribution is -2.37. The molecule has 0 aliphatic rings. The van der Waals surface area contributed by atoms with Crippen LogP contribution in [0.2, 0.25) is 5.02 Å². The van der Waals surface area contributed by atoms with Crippen LogP contribution >= 0.6 is 11.6 Å². The maximum atomic E-state index is 13.0. The van der Waals surface area contributed by atoms with E-state index in [4.69, 9.17) is 17.3 Å². The van der Waals surface area contributed by atoms with Gasteiger partial charge in [0.1, 0.15) is 6.54 Å². The molecular formula is C21H18ClF3N8O3. The number of hydrogen-bond acceptors (Lipinski definition) is 7. The Morgan fingerprint density at radius 1 is 1.19 bits per heavy atom. The number of primary amides is 1. The Morgan fingerprint density at radius 3 is 2.50 bits per heavy atom. The molecule has 1 atom stereocenters. The van der Waals surface area contributed by atoms with Crippen molar-refractivity contribution in [2.45, 2.75) is 32.3 Å². The Kier molecular flexibility index (Phi) is 6.65. The van der Waals surface area contributed by atoms with Gasteiger partial charge in [-0.15, -0.1) is 10.2 Å². The Bertz CT molecular complexity index is 1480. The van der Waals surface area contributed by atoms with Crippen LogP contribution in [0.15, 0.2) is 47.4 Å². The van der Waals surface area contributed by atoms with Crippen LogP contribution in [0.3, 0.4) is 0 Å². The molecule has 1 amide bonds. The molecule has 0 bridgehead atoms. The zero-order chi connectivity index (χ0) is 26.2. The molecule has 188 valence electrons. The summed E-state index contributed by atoms with van der Waals surface area (Å²) in [6.45, 7) is 0.223. The number of carbonyl (C=O) groups excluding carboxylic acids is 1. The molecule has 15 heteroatoms. The van der Waals surface area contributed by atoms with Gasteiger partial charge < -0.3 is 10.8 Å². The van der Waals surface area contributed by atoms with E-state index in [-0.39, 0.29) is 28.9 Å². The molecule has 3 heterocycles. The summed E-state index contributed by atoms with van der Waals surface area (Å²) in [4.78, 5) is 33.2. The summed E-state index contributed by atoms with van der Waals surface area (Å²) in [5.74, 6) is -1.11. The van der Waals surface area contributed by atoms with Crippen molar-refractivity contribution in [2.75, 3.05) is 0 Å². The van der Waals surface area contributed by atoms with Gasteiger partial charge in [-0.05, 0) is 42.8 Å². The van der Waals surface area contributed by atoms with Crippen LogP contribution in [0.25, 0.3) is 17.2 Å². The molecule has 0 saturated heterocycles. The van der Waals surface area contributed by atoms with E-state index < -0.39 is 37.0 Å². The van der Waals surface area contributed by atoms with Gasteiger partial charge in [-0.1, -0.05) is 17.7 Å². The van der Waals surface area contributed by atoms with Crippen molar-refractivity contribution < 1.29 is 23.1 Å². The highest BCUT2D eigenvalue weighted by atomic mass is 35.5. The van der Waals surface area contributed by atoms with Crippen LogP contribution in [-0.2, 0) is 13.1 Å². The van der Waals surface area contributed by atoms with Crippen LogP contribution in [0.4, 0.5) is 13.2 Å². The van der Waals surface area contributed by atoms with Crippen molar-refractivity contribution in [2.24, 2.45) is 5.73 Å². The Labute approximate surface area is 205 Å². The molecule has 36 heavy (non-hydrogen) atoms. The van der Waals surface area contributed by atoms with Crippen molar-refractivity contribution in [3.63, 3.8) is 0 Å². The number of carbonyl (C=O) groups is 1. The minimum Gasteiger partial charge on any atom is -0.382 e. The molecule has 1 aromatic carbocycles. The summed E-state index contributed by atoms with van der Waals surface area (Å²) in [6.07, 6.45) is -6.30. The average molecular weight is 523 g/mol. The number of aliphatic hydroxyl groups excluding tert-OH is 1. The summed E-state index contributed by atoms with van der Waals surface area (Å²) in [6, 6.07) is 9.29. The van der Waals surface area contributed by atoms with Crippen LogP contribution in [0.5, 0.6) is 0 Å². The van der Waals surface area contributed by atoms with Gasteiger partial charge in [0, 0.05) is 16.8 Å². The van der Waals surface area contributed by atoms with Crippen LogP contribution in [0.1, 0.15) is 22.0 Å². The third-order valence-corrected chi connectivity index (χ3v) is 5.36. The number of alkyl halides is 3. The molecular weight excluding hydrogens is 505 g/mol. The van der Waals surface area contributed by atoms with Crippen LogP contribution < -0.4 is 11.4 Å². The average Bonchev–Trinajstić information content (AvgIpc) is 3.36. The first kappa shape index (κ1) is 25.1. The fraction of sp³-hybridized carbons (Fsp3) is 0.238. The molecule has 1 unspecified atom stereocenters. The SMILES string of the molecule is Cc1cccnc1-n1nc(Cn2nc(-c3ccc(Cl)cc3)n(CC(O)C(F)(F)F)c2=O)nc1C(N)=O. The number of hydrogen-bond donors (Lipinski definition) is 2. The van der Waals surface area contributed by atoms with Crippen molar-refractivity contribution in [1.82, 2.24) is 34.1 Å². The standard InChI is InChI=1S/C21H18ClF3N8O3/c1-11-3-2-8-27-17(11)33-19(16(26)35)28-15(29-33)10-32-20(36)31(9-14(34)21(23,24)25)18(30-32)12-4-6-13(22)7-5-12/h2-8,14,34H,9-10H2,1H3,(H2,26,35).